The van der Waals surface area contributed by atoms with Gasteiger partial charge >= 0.3 is 11.6 Å². The first-order valence-electron chi connectivity index (χ1n) is 7.12. The molecule has 3 aromatic rings. The van der Waals surface area contributed by atoms with Crippen LogP contribution in [0.3, 0.4) is 0 Å². The predicted molar refractivity (Wildman–Crippen MR) is 84.0 cm³/mol. The molecule has 0 N–H and O–H groups in total. The summed E-state index contributed by atoms with van der Waals surface area (Å²) in [5.41, 5.74) is -1.04. The van der Waals surface area contributed by atoms with Crippen LogP contribution in [-0.4, -0.2) is 12.6 Å². The van der Waals surface area contributed by atoms with Crippen LogP contribution in [0.1, 0.15) is 28.8 Å². The Morgan fingerprint density at radius 2 is 1.78 bits per heavy atom. The highest BCUT2D eigenvalue weighted by atomic mass is 16.5. The summed E-state index contributed by atoms with van der Waals surface area (Å²) < 4.78 is 15.7. The largest absolute Gasteiger partial charge is 0.465 e. The highest BCUT2D eigenvalue weighted by Crippen LogP contribution is 2.28. The molecule has 6 heteroatoms. The van der Waals surface area contributed by atoms with Crippen molar-refractivity contribution >= 4 is 27.7 Å². The van der Waals surface area contributed by atoms with E-state index < -0.39 is 11.6 Å². The fourth-order valence-electron chi connectivity index (χ4n) is 2.66. The monoisotopic (exact) mass is 314 g/mol. The average molecular weight is 314 g/mol. The number of carbonyl (C=O) groups excluding carboxylic acids is 1. The summed E-state index contributed by atoms with van der Waals surface area (Å²) in [6, 6.07) is 4.25. The van der Waals surface area contributed by atoms with E-state index in [9.17, 15) is 14.4 Å². The van der Waals surface area contributed by atoms with Crippen molar-refractivity contribution in [1.82, 2.24) is 0 Å². The van der Waals surface area contributed by atoms with Gasteiger partial charge in [0, 0.05) is 5.39 Å². The van der Waals surface area contributed by atoms with Crippen LogP contribution in [0.2, 0.25) is 0 Å². The third kappa shape index (κ3) is 2.32. The summed E-state index contributed by atoms with van der Waals surface area (Å²) in [5.74, 6) is 0.174. The zero-order valence-electron chi connectivity index (χ0n) is 12.9. The minimum absolute atomic E-state index is 0.147. The van der Waals surface area contributed by atoms with Crippen molar-refractivity contribution in [1.29, 1.82) is 0 Å². The summed E-state index contributed by atoms with van der Waals surface area (Å²) in [6.45, 7) is 5.15. The van der Waals surface area contributed by atoms with Gasteiger partial charge in [0.25, 0.3) is 0 Å². The van der Waals surface area contributed by atoms with Crippen LogP contribution in [0.4, 0.5) is 0 Å². The fraction of sp³-hybridized carbons (Fsp3) is 0.235. The molecule has 0 fully saturated rings. The SMILES string of the molecule is CCOC(=O)c1cc2ccc(=O)c3c(C)oc(C)c3c2oc1=O. The van der Waals surface area contributed by atoms with Crippen LogP contribution in [0.5, 0.6) is 0 Å². The Morgan fingerprint density at radius 1 is 1.09 bits per heavy atom. The predicted octanol–water partition coefficient (Wildman–Crippen LogP) is 2.69. The van der Waals surface area contributed by atoms with E-state index in [4.69, 9.17) is 13.6 Å². The summed E-state index contributed by atoms with van der Waals surface area (Å²) in [6.07, 6.45) is 0. The van der Waals surface area contributed by atoms with Gasteiger partial charge in [-0.15, -0.1) is 0 Å². The Kier molecular flexibility index (Phi) is 3.52. The van der Waals surface area contributed by atoms with Crippen LogP contribution in [-0.2, 0) is 4.74 Å². The molecule has 0 aliphatic heterocycles. The minimum Gasteiger partial charge on any atom is -0.465 e. The van der Waals surface area contributed by atoms with E-state index in [-0.39, 0.29) is 23.2 Å². The lowest BCUT2D eigenvalue weighted by molar-refractivity contribution is 0.0522. The molecule has 0 saturated heterocycles. The molecule has 0 spiro atoms. The van der Waals surface area contributed by atoms with E-state index >= 15 is 0 Å². The average Bonchev–Trinajstić information content (AvgIpc) is 2.70. The number of ether oxygens (including phenoxy) is 1. The number of aryl methyl sites for hydroxylation is 2. The van der Waals surface area contributed by atoms with E-state index in [1.54, 1.807) is 20.8 Å². The zero-order chi connectivity index (χ0) is 16.7. The highest BCUT2D eigenvalue weighted by molar-refractivity contribution is 6.05. The van der Waals surface area contributed by atoms with Crippen molar-refractivity contribution in [2.24, 2.45) is 0 Å². The Bertz CT molecular complexity index is 1050. The number of fused-ring (bicyclic) bond motifs is 3. The van der Waals surface area contributed by atoms with Crippen molar-refractivity contribution < 1.29 is 18.4 Å². The number of hydrogen-bond donors (Lipinski definition) is 0. The van der Waals surface area contributed by atoms with E-state index in [1.807, 2.05) is 0 Å². The first kappa shape index (κ1) is 15.0. The molecule has 6 nitrogen and oxygen atoms in total. The molecule has 1 aromatic carbocycles. The third-order valence-corrected chi connectivity index (χ3v) is 3.62. The van der Waals surface area contributed by atoms with Crippen LogP contribution in [0.15, 0.2) is 36.6 Å². The summed E-state index contributed by atoms with van der Waals surface area (Å²) in [7, 11) is 0. The maximum absolute atomic E-state index is 12.3. The molecule has 2 aromatic heterocycles. The molecule has 0 aliphatic carbocycles. The van der Waals surface area contributed by atoms with Gasteiger partial charge in [0.15, 0.2) is 5.43 Å². The van der Waals surface area contributed by atoms with Crippen LogP contribution >= 0.6 is 0 Å². The van der Waals surface area contributed by atoms with Gasteiger partial charge in [-0.3, -0.25) is 4.79 Å². The van der Waals surface area contributed by atoms with Crippen LogP contribution < -0.4 is 11.1 Å². The molecule has 3 rings (SSSR count). The van der Waals surface area contributed by atoms with Crippen molar-refractivity contribution in [3.05, 3.63) is 55.9 Å². The van der Waals surface area contributed by atoms with Gasteiger partial charge in [0.2, 0.25) is 0 Å². The number of rotatable bonds is 2. The van der Waals surface area contributed by atoms with Gasteiger partial charge in [0.1, 0.15) is 22.7 Å². The molecule has 0 atom stereocenters. The maximum atomic E-state index is 12.3. The third-order valence-electron chi connectivity index (χ3n) is 3.62. The van der Waals surface area contributed by atoms with Crippen LogP contribution in [0, 0.1) is 13.8 Å². The van der Waals surface area contributed by atoms with Crippen molar-refractivity contribution in [2.75, 3.05) is 6.61 Å². The normalized spacial score (nSPS) is 11.1. The van der Waals surface area contributed by atoms with Gasteiger partial charge in [-0.2, -0.15) is 0 Å². The number of hydrogen-bond acceptors (Lipinski definition) is 6. The minimum atomic E-state index is -0.811. The standard InChI is InChI=1S/C17H14O6/c1-4-21-16(19)11-7-10-5-6-12(18)13-8(2)22-9(3)14(13)15(10)23-17(11)20/h5-7H,4H2,1-3H3. The van der Waals surface area contributed by atoms with E-state index in [1.165, 1.54) is 18.2 Å². The Labute approximate surface area is 130 Å². The molecular weight excluding hydrogens is 300 g/mol. The summed E-state index contributed by atoms with van der Waals surface area (Å²) >= 11 is 0. The summed E-state index contributed by atoms with van der Waals surface area (Å²) in [4.78, 5) is 36.2. The second-order valence-corrected chi connectivity index (χ2v) is 5.11. The van der Waals surface area contributed by atoms with E-state index in [0.29, 0.717) is 27.7 Å². The summed E-state index contributed by atoms with van der Waals surface area (Å²) in [5, 5.41) is 1.26. The topological polar surface area (TPSA) is 86.7 Å². The lowest BCUT2D eigenvalue weighted by Crippen LogP contribution is -2.16. The second-order valence-electron chi connectivity index (χ2n) is 5.11. The quantitative estimate of drug-likeness (QED) is 0.676. The first-order valence-corrected chi connectivity index (χ1v) is 7.12. The van der Waals surface area contributed by atoms with Gasteiger partial charge in [-0.25, -0.2) is 9.59 Å². The molecule has 0 bridgehead atoms. The highest BCUT2D eigenvalue weighted by Gasteiger charge is 2.19. The second kappa shape index (κ2) is 5.39. The van der Waals surface area contributed by atoms with Gasteiger partial charge < -0.3 is 13.6 Å². The Balaban J connectivity index is 2.49. The number of furan rings is 1. The Morgan fingerprint density at radius 3 is 2.48 bits per heavy atom. The Hall–Kier alpha value is -2.89. The molecule has 23 heavy (non-hydrogen) atoms. The lowest BCUT2D eigenvalue weighted by Gasteiger charge is -2.01. The molecule has 0 aliphatic rings. The number of carbonyl (C=O) groups is 1. The van der Waals surface area contributed by atoms with Gasteiger partial charge in [-0.05, 0) is 39.0 Å². The molecule has 0 radical (unpaired) electrons. The van der Waals surface area contributed by atoms with Crippen LogP contribution in [0.25, 0.3) is 21.7 Å². The first-order chi connectivity index (χ1) is 10.9. The van der Waals surface area contributed by atoms with Gasteiger partial charge in [0.05, 0.1) is 17.4 Å². The molecule has 0 saturated carbocycles. The maximum Gasteiger partial charge on any atom is 0.351 e. The molecule has 0 amide bonds. The van der Waals surface area contributed by atoms with Crippen molar-refractivity contribution in [3.8, 4) is 0 Å². The zero-order valence-corrected chi connectivity index (χ0v) is 12.9. The van der Waals surface area contributed by atoms with Crippen molar-refractivity contribution in [3.63, 3.8) is 0 Å². The number of esters is 1. The van der Waals surface area contributed by atoms with E-state index in [0.717, 1.165) is 0 Å². The molecular formula is C17H14O6. The molecule has 2 heterocycles. The fourth-order valence-corrected chi connectivity index (χ4v) is 2.66. The van der Waals surface area contributed by atoms with E-state index in [2.05, 4.69) is 0 Å². The smallest absolute Gasteiger partial charge is 0.351 e. The molecule has 118 valence electrons. The van der Waals surface area contributed by atoms with Gasteiger partial charge in [-0.1, -0.05) is 0 Å². The molecule has 0 unspecified atom stereocenters. The lowest BCUT2D eigenvalue weighted by atomic mass is 10.1. The van der Waals surface area contributed by atoms with Crippen molar-refractivity contribution in [2.45, 2.75) is 20.8 Å².